The van der Waals surface area contributed by atoms with E-state index in [1.165, 1.54) is 22.3 Å². The average Bonchev–Trinajstić information content (AvgIpc) is 3.71. The number of pyridine rings is 1. The summed E-state index contributed by atoms with van der Waals surface area (Å²) in [6.07, 6.45) is 1.95. The molecule has 0 unspecified atom stereocenters. The Kier molecular flexibility index (Phi) is 12.6. The zero-order valence-electron chi connectivity index (χ0n) is 42.6. The van der Waals surface area contributed by atoms with Gasteiger partial charge in [-0.2, -0.15) is 6.07 Å². The van der Waals surface area contributed by atoms with Crippen LogP contribution in [0.5, 0.6) is 0 Å². The Bertz CT molecular complexity index is 3400. The summed E-state index contributed by atoms with van der Waals surface area (Å²) in [6.45, 7) is 22.8. The summed E-state index contributed by atoms with van der Waals surface area (Å²) in [5, 5.41) is 0. The van der Waals surface area contributed by atoms with Crippen molar-refractivity contribution in [3.05, 3.63) is 230 Å². The van der Waals surface area contributed by atoms with E-state index in [0.29, 0.717) is 0 Å². The van der Waals surface area contributed by atoms with E-state index < -0.39 is 0 Å². The van der Waals surface area contributed by atoms with Gasteiger partial charge in [-0.1, -0.05) is 194 Å². The van der Waals surface area contributed by atoms with Crippen molar-refractivity contribution in [3.8, 4) is 33.4 Å². The van der Waals surface area contributed by atoms with Gasteiger partial charge in [0.15, 0.2) is 0 Å². The van der Waals surface area contributed by atoms with Crippen LogP contribution in [-0.2, 0) is 37.3 Å². The van der Waals surface area contributed by atoms with Crippen LogP contribution in [0.1, 0.15) is 79.0 Å². The topological polar surface area (TPSA) is 25.9 Å². The molecule has 0 radical (unpaired) electrons. The van der Waals surface area contributed by atoms with Gasteiger partial charge < -0.3 is 19.6 Å². The molecule has 362 valence electrons. The Hall–Kier alpha value is -7.20. The minimum Gasteiger partial charge on any atom is -0.493 e. The largest absolute Gasteiger partial charge is 0.493 e. The van der Waals surface area contributed by atoms with Crippen molar-refractivity contribution in [1.29, 1.82) is 0 Å². The number of para-hydroxylation sites is 4. The van der Waals surface area contributed by atoms with Gasteiger partial charge in [0.1, 0.15) is 5.82 Å². The maximum absolute atomic E-state index is 5.17. The van der Waals surface area contributed by atoms with E-state index in [2.05, 4.69) is 289 Å². The number of fused-ring (bicyclic) bond motifs is 6. The van der Waals surface area contributed by atoms with E-state index in [4.69, 9.17) is 4.98 Å². The van der Waals surface area contributed by atoms with Crippen molar-refractivity contribution < 1.29 is 21.1 Å². The molecule has 0 bridgehead atoms. The van der Waals surface area contributed by atoms with Gasteiger partial charge in [0.05, 0.1) is 5.69 Å². The molecule has 2 aliphatic rings. The first-order valence-electron chi connectivity index (χ1n) is 24.8. The van der Waals surface area contributed by atoms with Crippen molar-refractivity contribution in [2.75, 3.05) is 19.6 Å². The molecule has 11 rings (SSSR count). The maximum atomic E-state index is 5.17. The van der Waals surface area contributed by atoms with Crippen LogP contribution in [0.25, 0.3) is 33.4 Å². The van der Waals surface area contributed by atoms with Crippen LogP contribution < -0.4 is 19.6 Å². The average molecular weight is 1120 g/mol. The molecular formula is C66H60N5Pt-3. The maximum Gasteiger partial charge on any atom is 0.135 e. The molecule has 6 heteroatoms. The first-order valence-corrected chi connectivity index (χ1v) is 24.8. The predicted molar refractivity (Wildman–Crippen MR) is 299 cm³/mol. The van der Waals surface area contributed by atoms with Gasteiger partial charge in [-0.25, -0.2) is 4.98 Å². The standard InChI is InChI=1S/C66H60N5.Pt/c1-64(2,3)47-34-35-67-63(41-47)71-59-29-19-18-28-57(59)55-26-16-17-27-56(55)58-33-32-51(43-62(58)71)70(54-39-48(65(4,5)6)38-49(40-54)66(7,8)9)53-37-46(45-22-12-10-13-23-45)36-52(42-53)69-44-68(50-24-14-11-15-25-50)60-30-20-21-31-61(60)69;/h10-41,44H,1-9H3;/q-3;. The Balaban J connectivity index is 0.00000596. The molecule has 9 aromatic rings. The van der Waals surface area contributed by atoms with E-state index in [1.807, 2.05) is 6.20 Å². The number of aromatic nitrogens is 1. The Morgan fingerprint density at radius 1 is 0.444 bits per heavy atom. The van der Waals surface area contributed by atoms with E-state index in [9.17, 15) is 0 Å². The van der Waals surface area contributed by atoms with Crippen LogP contribution in [0.15, 0.2) is 194 Å². The third-order valence-corrected chi connectivity index (χ3v) is 13.9. The molecule has 72 heavy (non-hydrogen) atoms. The van der Waals surface area contributed by atoms with Crippen LogP contribution in [0.3, 0.4) is 0 Å². The molecule has 0 amide bonds. The third kappa shape index (κ3) is 9.05. The monoisotopic (exact) mass is 1120 g/mol. The van der Waals surface area contributed by atoms with Crippen molar-refractivity contribution in [2.45, 2.75) is 78.6 Å². The summed E-state index contributed by atoms with van der Waals surface area (Å²) in [5.74, 6) is 0.842. The van der Waals surface area contributed by atoms with Gasteiger partial charge in [0.2, 0.25) is 0 Å². The second-order valence-corrected chi connectivity index (χ2v) is 21.9. The van der Waals surface area contributed by atoms with Gasteiger partial charge in [0.25, 0.3) is 0 Å². The normalized spacial score (nSPS) is 13.1. The van der Waals surface area contributed by atoms with Gasteiger partial charge >= 0.3 is 0 Å². The summed E-state index contributed by atoms with van der Waals surface area (Å²) < 4.78 is 0. The molecular weight excluding hydrogens is 1060 g/mol. The van der Waals surface area contributed by atoms with Crippen LogP contribution >= 0.6 is 0 Å². The summed E-state index contributed by atoms with van der Waals surface area (Å²) >= 11 is 0. The first kappa shape index (κ1) is 48.4. The fraction of sp³-hybridized carbons (Fsp3) is 0.182. The summed E-state index contributed by atoms with van der Waals surface area (Å²) in [7, 11) is 0. The molecule has 1 aromatic heterocycles. The molecule has 0 saturated heterocycles. The Morgan fingerprint density at radius 3 is 1.64 bits per heavy atom. The zero-order valence-corrected chi connectivity index (χ0v) is 44.9. The third-order valence-electron chi connectivity index (χ3n) is 13.9. The molecule has 5 nitrogen and oxygen atoms in total. The Labute approximate surface area is 441 Å². The van der Waals surface area contributed by atoms with Crippen LogP contribution in [0.4, 0.5) is 57.0 Å². The molecule has 0 saturated carbocycles. The Morgan fingerprint density at radius 2 is 1.00 bits per heavy atom. The number of hydrogen-bond donors (Lipinski definition) is 0. The van der Waals surface area contributed by atoms with Crippen LogP contribution in [-0.4, -0.2) is 4.98 Å². The molecule has 0 N–H and O–H groups in total. The van der Waals surface area contributed by atoms with Gasteiger partial charge in [-0.15, -0.1) is 53.8 Å². The molecule has 0 atom stereocenters. The van der Waals surface area contributed by atoms with E-state index in [0.717, 1.165) is 84.8 Å². The minimum atomic E-state index is -0.136. The summed E-state index contributed by atoms with van der Waals surface area (Å²) in [4.78, 5) is 14.4. The molecule has 8 aromatic carbocycles. The van der Waals surface area contributed by atoms with Crippen molar-refractivity contribution in [2.24, 2.45) is 0 Å². The van der Waals surface area contributed by atoms with E-state index in [1.54, 1.807) is 0 Å². The van der Waals surface area contributed by atoms with Gasteiger partial charge in [-0.05, 0) is 98.7 Å². The van der Waals surface area contributed by atoms with Gasteiger partial charge in [0, 0.05) is 55.6 Å². The van der Waals surface area contributed by atoms with Gasteiger partial charge in [-0.3, -0.25) is 0 Å². The van der Waals surface area contributed by atoms with Crippen LogP contribution in [0, 0.1) is 18.8 Å². The molecule has 0 spiro atoms. The SMILES string of the molecule is CC(C)(C)c1cc(N(c2[c-]c3c(cc2)-c2ccccc2-c2ccccc2N3c2cc(C(C)(C)C)ccn2)c2[c-]c(N3[CH-]N(c4ccccc4)c4ccccc43)cc(-c3ccccc3)c2)cc(C(C)(C)C)c1.[Pt]. The second kappa shape index (κ2) is 18.8. The smallest absolute Gasteiger partial charge is 0.135 e. The summed E-state index contributed by atoms with van der Waals surface area (Å²) in [5.41, 5.74) is 19.1. The predicted octanol–water partition coefficient (Wildman–Crippen LogP) is 18.2. The minimum absolute atomic E-state index is 0. The zero-order chi connectivity index (χ0) is 49.2. The van der Waals surface area contributed by atoms with Crippen LogP contribution in [0.2, 0.25) is 0 Å². The summed E-state index contributed by atoms with van der Waals surface area (Å²) in [6, 6.07) is 76.3. The fourth-order valence-electron chi connectivity index (χ4n) is 9.91. The van der Waals surface area contributed by atoms with Crippen molar-refractivity contribution in [1.82, 2.24) is 4.98 Å². The quantitative estimate of drug-likeness (QED) is 0.148. The number of rotatable bonds is 7. The number of hydrogen-bond acceptors (Lipinski definition) is 5. The molecule has 2 aliphatic heterocycles. The number of nitrogens with zero attached hydrogens (tertiary/aromatic N) is 5. The molecule has 0 fully saturated rings. The number of anilines is 10. The molecule has 0 aliphatic carbocycles. The second-order valence-electron chi connectivity index (χ2n) is 21.9. The van der Waals surface area contributed by atoms with Crippen molar-refractivity contribution >= 4 is 57.0 Å². The van der Waals surface area contributed by atoms with E-state index >= 15 is 0 Å². The van der Waals surface area contributed by atoms with E-state index in [-0.39, 0.29) is 37.3 Å². The first-order chi connectivity index (χ1) is 34.1. The van der Waals surface area contributed by atoms with Crippen molar-refractivity contribution in [3.63, 3.8) is 0 Å². The fourth-order valence-corrected chi connectivity index (χ4v) is 9.91. The number of benzene rings is 8. The molecule has 3 heterocycles.